The van der Waals surface area contributed by atoms with E-state index in [1.165, 1.54) is 17.7 Å². The Hall–Kier alpha value is -2.42. The number of hydrogen-bond acceptors (Lipinski definition) is 6. The molecule has 8 nitrogen and oxygen atoms in total. The lowest BCUT2D eigenvalue weighted by Crippen LogP contribution is -2.29. The van der Waals surface area contributed by atoms with Gasteiger partial charge in [-0.25, -0.2) is 0 Å². The molecule has 3 N–H and O–H groups in total. The highest BCUT2D eigenvalue weighted by atomic mass is 32.1. The molecule has 2 aromatic heterocycles. The minimum absolute atomic E-state index is 0.0335. The number of amides is 2. The van der Waals surface area contributed by atoms with Crippen LogP contribution in [0.1, 0.15) is 59.8 Å². The first-order valence-electron chi connectivity index (χ1n) is 11.5. The summed E-state index contributed by atoms with van der Waals surface area (Å²) in [5.41, 5.74) is 1.83. The molecule has 2 fully saturated rings. The van der Waals surface area contributed by atoms with Gasteiger partial charge in [0, 0.05) is 30.4 Å². The zero-order chi connectivity index (χ0) is 21.4. The number of rotatable bonds is 9. The molecule has 0 spiro atoms. The third-order valence-corrected chi connectivity index (χ3v) is 7.64. The Morgan fingerprint density at radius 2 is 2.03 bits per heavy atom. The van der Waals surface area contributed by atoms with Gasteiger partial charge < -0.3 is 16.0 Å². The summed E-state index contributed by atoms with van der Waals surface area (Å²) < 4.78 is 2.06. The maximum absolute atomic E-state index is 13.2. The smallest absolute Gasteiger partial charge is 0.254 e. The van der Waals surface area contributed by atoms with Gasteiger partial charge in [0.1, 0.15) is 11.3 Å². The molecular weight excluding hydrogens is 412 g/mol. The zero-order valence-corrected chi connectivity index (χ0v) is 18.8. The summed E-state index contributed by atoms with van der Waals surface area (Å²) in [5.74, 6) is 1.96. The van der Waals surface area contributed by atoms with Crippen LogP contribution < -0.4 is 16.0 Å². The molecule has 9 heteroatoms. The molecule has 0 aliphatic heterocycles. The summed E-state index contributed by atoms with van der Waals surface area (Å²) in [4.78, 5) is 26.9. The molecule has 166 valence electrons. The van der Waals surface area contributed by atoms with Crippen molar-refractivity contribution < 1.29 is 9.59 Å². The normalized spacial score (nSPS) is 20.2. The van der Waals surface area contributed by atoms with Crippen molar-refractivity contribution in [2.24, 2.45) is 17.8 Å². The van der Waals surface area contributed by atoms with Crippen LogP contribution in [0.5, 0.6) is 0 Å². The number of carbonyl (C=O) groups excluding carboxylic acids is 2. The molecule has 1 unspecified atom stereocenters. The Kier molecular flexibility index (Phi) is 5.69. The fourth-order valence-corrected chi connectivity index (χ4v) is 5.55. The van der Waals surface area contributed by atoms with Crippen LogP contribution in [0.2, 0.25) is 0 Å². The van der Waals surface area contributed by atoms with Crippen molar-refractivity contribution in [2.75, 3.05) is 23.7 Å². The maximum atomic E-state index is 13.2. The Balaban J connectivity index is 1.36. The lowest BCUT2D eigenvalue weighted by molar-refractivity contribution is -0.117. The first-order chi connectivity index (χ1) is 15.1. The van der Waals surface area contributed by atoms with Crippen molar-refractivity contribution >= 4 is 34.1 Å². The largest absolute Gasteiger partial charge is 0.355 e. The first kappa shape index (κ1) is 20.5. The van der Waals surface area contributed by atoms with Crippen molar-refractivity contribution in [3.63, 3.8) is 0 Å². The molecule has 0 saturated heterocycles. The molecule has 2 amide bonds. The number of anilines is 2. The van der Waals surface area contributed by atoms with Crippen LogP contribution in [0.25, 0.3) is 0 Å². The quantitative estimate of drug-likeness (QED) is 0.554. The second-order valence-electron chi connectivity index (χ2n) is 9.07. The summed E-state index contributed by atoms with van der Waals surface area (Å²) in [6, 6.07) is 0. The van der Waals surface area contributed by atoms with Gasteiger partial charge in [-0.15, -0.1) is 21.5 Å². The molecule has 2 aromatic rings. The van der Waals surface area contributed by atoms with E-state index < -0.39 is 0 Å². The van der Waals surface area contributed by atoms with Crippen LogP contribution in [0.4, 0.5) is 10.9 Å². The predicted molar refractivity (Wildman–Crippen MR) is 120 cm³/mol. The monoisotopic (exact) mass is 442 g/mol. The number of aryl methyl sites for hydroxylation is 1. The van der Waals surface area contributed by atoms with E-state index in [9.17, 15) is 9.59 Å². The lowest BCUT2D eigenvalue weighted by Gasteiger charge is -2.24. The summed E-state index contributed by atoms with van der Waals surface area (Å²) in [7, 11) is 0. The van der Waals surface area contributed by atoms with Crippen molar-refractivity contribution in [3.05, 3.63) is 22.3 Å². The summed E-state index contributed by atoms with van der Waals surface area (Å²) in [6.07, 6.45) is 8.89. The standard InChI is InChI=1S/C22H30N6O2S/c1-2-23-22-27-25-12-28(22)11-14-5-8-17-16(9-14)18(20(30)24-10-13-3-4-13)21(31-17)26-19(29)15-6-7-15/h12-15H,2-11H2,1H3,(H,23,27)(H,24,30)(H,26,29). The lowest BCUT2D eigenvalue weighted by atomic mass is 9.86. The third-order valence-electron chi connectivity index (χ3n) is 6.43. The molecule has 3 aliphatic carbocycles. The van der Waals surface area contributed by atoms with E-state index in [1.54, 1.807) is 17.7 Å². The molecule has 1 atom stereocenters. The summed E-state index contributed by atoms with van der Waals surface area (Å²) >= 11 is 1.60. The van der Waals surface area contributed by atoms with Gasteiger partial charge in [0.25, 0.3) is 5.91 Å². The van der Waals surface area contributed by atoms with Gasteiger partial charge in [0.05, 0.1) is 5.56 Å². The average molecular weight is 443 g/mol. The molecular formula is C22H30N6O2S. The van der Waals surface area contributed by atoms with Crippen molar-refractivity contribution in [1.82, 2.24) is 20.1 Å². The minimum atomic E-state index is -0.0335. The first-order valence-corrected chi connectivity index (χ1v) is 12.3. The Morgan fingerprint density at radius 1 is 1.19 bits per heavy atom. The van der Waals surface area contributed by atoms with Gasteiger partial charge >= 0.3 is 0 Å². The van der Waals surface area contributed by atoms with Gasteiger partial charge in [-0.1, -0.05) is 0 Å². The molecule has 2 saturated carbocycles. The van der Waals surface area contributed by atoms with Gasteiger partial charge in [-0.3, -0.25) is 14.2 Å². The van der Waals surface area contributed by atoms with Crippen LogP contribution in [0.3, 0.4) is 0 Å². The van der Waals surface area contributed by atoms with E-state index in [2.05, 4.69) is 30.7 Å². The van der Waals surface area contributed by atoms with Crippen molar-refractivity contribution in [1.29, 1.82) is 0 Å². The molecule has 3 aliphatic rings. The molecule has 5 rings (SSSR count). The van der Waals surface area contributed by atoms with Crippen LogP contribution >= 0.6 is 11.3 Å². The number of thiophene rings is 1. The van der Waals surface area contributed by atoms with E-state index in [4.69, 9.17) is 0 Å². The Bertz CT molecular complexity index is 975. The topological polar surface area (TPSA) is 101 Å². The van der Waals surface area contributed by atoms with E-state index in [1.807, 2.05) is 6.92 Å². The molecule has 0 radical (unpaired) electrons. The van der Waals surface area contributed by atoms with Gasteiger partial charge in [0.2, 0.25) is 11.9 Å². The second-order valence-corrected chi connectivity index (χ2v) is 10.2. The SMILES string of the molecule is CCNc1nncn1CC1CCc2sc(NC(=O)C3CC3)c(C(=O)NCC3CC3)c2C1. The van der Waals surface area contributed by atoms with Crippen LogP contribution in [0.15, 0.2) is 6.33 Å². The van der Waals surface area contributed by atoms with Crippen molar-refractivity contribution in [2.45, 2.75) is 58.4 Å². The Morgan fingerprint density at radius 3 is 2.77 bits per heavy atom. The number of hydrogen-bond donors (Lipinski definition) is 3. The average Bonchev–Trinajstić information content (AvgIpc) is 3.68. The minimum Gasteiger partial charge on any atom is -0.355 e. The highest BCUT2D eigenvalue weighted by Crippen LogP contribution is 2.41. The van der Waals surface area contributed by atoms with Crippen LogP contribution in [-0.2, 0) is 24.2 Å². The second kappa shape index (κ2) is 8.61. The van der Waals surface area contributed by atoms with E-state index >= 15 is 0 Å². The summed E-state index contributed by atoms with van der Waals surface area (Å²) in [6.45, 7) is 4.39. The Labute approximate surface area is 186 Å². The fraction of sp³-hybridized carbons (Fsp3) is 0.636. The molecule has 0 aromatic carbocycles. The molecule has 0 bridgehead atoms. The number of fused-ring (bicyclic) bond motifs is 1. The van der Waals surface area contributed by atoms with Gasteiger partial charge in [-0.05, 0) is 69.3 Å². The van der Waals surface area contributed by atoms with Crippen LogP contribution in [-0.4, -0.2) is 39.7 Å². The van der Waals surface area contributed by atoms with Gasteiger partial charge in [0.15, 0.2) is 0 Å². The number of nitrogens with one attached hydrogen (secondary N) is 3. The van der Waals surface area contributed by atoms with E-state index in [0.717, 1.165) is 68.3 Å². The van der Waals surface area contributed by atoms with Crippen molar-refractivity contribution in [3.8, 4) is 0 Å². The van der Waals surface area contributed by atoms with E-state index in [-0.39, 0.29) is 17.7 Å². The predicted octanol–water partition coefficient (Wildman–Crippen LogP) is 3.06. The zero-order valence-electron chi connectivity index (χ0n) is 17.9. The number of nitrogens with zero attached hydrogens (tertiary/aromatic N) is 3. The molecule has 2 heterocycles. The molecule has 31 heavy (non-hydrogen) atoms. The summed E-state index contributed by atoms with van der Waals surface area (Å²) in [5, 5.41) is 18.4. The fourth-order valence-electron chi connectivity index (χ4n) is 4.31. The van der Waals surface area contributed by atoms with E-state index in [0.29, 0.717) is 17.4 Å². The van der Waals surface area contributed by atoms with Gasteiger partial charge in [-0.2, -0.15) is 0 Å². The third kappa shape index (κ3) is 4.61. The highest BCUT2D eigenvalue weighted by Gasteiger charge is 2.34. The highest BCUT2D eigenvalue weighted by molar-refractivity contribution is 7.17. The number of aromatic nitrogens is 3. The van der Waals surface area contributed by atoms with Crippen LogP contribution in [0, 0.1) is 17.8 Å². The number of carbonyl (C=O) groups is 2. The maximum Gasteiger partial charge on any atom is 0.254 e.